The molecule has 0 saturated carbocycles. The SMILES string of the molecule is CCC(N)C/C=C/CC(=O)O. The quantitative estimate of drug-likeness (QED) is 0.588. The zero-order valence-corrected chi connectivity index (χ0v) is 6.79. The molecule has 0 aliphatic heterocycles. The van der Waals surface area contributed by atoms with Gasteiger partial charge in [0.2, 0.25) is 0 Å². The number of hydrogen-bond donors (Lipinski definition) is 2. The van der Waals surface area contributed by atoms with Gasteiger partial charge in [-0.1, -0.05) is 19.1 Å². The van der Waals surface area contributed by atoms with Gasteiger partial charge >= 0.3 is 5.97 Å². The summed E-state index contributed by atoms with van der Waals surface area (Å²) in [5.41, 5.74) is 5.59. The molecule has 0 aromatic heterocycles. The average molecular weight is 157 g/mol. The molecular weight excluding hydrogens is 142 g/mol. The summed E-state index contributed by atoms with van der Waals surface area (Å²) in [5, 5.41) is 8.25. The minimum absolute atomic E-state index is 0.0937. The molecule has 0 rings (SSSR count). The van der Waals surface area contributed by atoms with Crippen molar-refractivity contribution < 1.29 is 9.90 Å². The Morgan fingerprint density at radius 3 is 2.73 bits per heavy atom. The molecule has 0 aliphatic carbocycles. The van der Waals surface area contributed by atoms with E-state index in [-0.39, 0.29) is 12.5 Å². The van der Waals surface area contributed by atoms with Crippen LogP contribution in [0.4, 0.5) is 0 Å². The van der Waals surface area contributed by atoms with Crippen LogP contribution in [0.3, 0.4) is 0 Å². The van der Waals surface area contributed by atoms with Crippen molar-refractivity contribution in [3.05, 3.63) is 12.2 Å². The smallest absolute Gasteiger partial charge is 0.307 e. The lowest BCUT2D eigenvalue weighted by Crippen LogP contribution is -2.16. The molecule has 0 aromatic carbocycles. The number of aliphatic carboxylic acids is 1. The van der Waals surface area contributed by atoms with Crippen molar-refractivity contribution >= 4 is 5.97 Å². The van der Waals surface area contributed by atoms with Crippen LogP contribution in [-0.2, 0) is 4.79 Å². The molecule has 0 fully saturated rings. The highest BCUT2D eigenvalue weighted by molar-refractivity contribution is 5.68. The maximum absolute atomic E-state index is 10.0. The van der Waals surface area contributed by atoms with Crippen molar-refractivity contribution in [2.75, 3.05) is 0 Å². The molecule has 1 atom stereocenters. The van der Waals surface area contributed by atoms with Gasteiger partial charge in [0.25, 0.3) is 0 Å². The minimum atomic E-state index is -0.800. The Morgan fingerprint density at radius 1 is 1.64 bits per heavy atom. The fraction of sp³-hybridized carbons (Fsp3) is 0.625. The number of carboxylic acid groups (broad SMARTS) is 1. The van der Waals surface area contributed by atoms with Gasteiger partial charge in [-0.2, -0.15) is 0 Å². The van der Waals surface area contributed by atoms with Gasteiger partial charge < -0.3 is 10.8 Å². The third-order valence-electron chi connectivity index (χ3n) is 1.42. The predicted octanol–water partition coefficient (Wildman–Crippen LogP) is 1.14. The number of rotatable bonds is 5. The molecule has 0 heterocycles. The fourth-order valence-corrected chi connectivity index (χ4v) is 0.622. The normalized spacial score (nSPS) is 13.6. The van der Waals surface area contributed by atoms with E-state index in [0.717, 1.165) is 12.8 Å². The van der Waals surface area contributed by atoms with Gasteiger partial charge in [0.05, 0.1) is 6.42 Å². The van der Waals surface area contributed by atoms with Gasteiger partial charge in [0.1, 0.15) is 0 Å². The molecule has 0 saturated heterocycles. The number of carbonyl (C=O) groups is 1. The zero-order chi connectivity index (χ0) is 8.69. The molecule has 11 heavy (non-hydrogen) atoms. The van der Waals surface area contributed by atoms with Gasteiger partial charge in [0, 0.05) is 6.04 Å². The van der Waals surface area contributed by atoms with Crippen LogP contribution in [0.25, 0.3) is 0 Å². The number of hydrogen-bond acceptors (Lipinski definition) is 2. The maximum atomic E-state index is 10.0. The number of carboxylic acids is 1. The molecule has 0 amide bonds. The van der Waals surface area contributed by atoms with Crippen molar-refractivity contribution in [3.63, 3.8) is 0 Å². The van der Waals surface area contributed by atoms with Gasteiger partial charge in [-0.15, -0.1) is 0 Å². The lowest BCUT2D eigenvalue weighted by atomic mass is 10.1. The minimum Gasteiger partial charge on any atom is -0.481 e. The molecule has 0 radical (unpaired) electrons. The first-order valence-corrected chi connectivity index (χ1v) is 3.79. The second kappa shape index (κ2) is 5.92. The van der Waals surface area contributed by atoms with Crippen molar-refractivity contribution in [1.29, 1.82) is 0 Å². The van der Waals surface area contributed by atoms with Crippen LogP contribution in [0.15, 0.2) is 12.2 Å². The lowest BCUT2D eigenvalue weighted by Gasteiger charge is -2.02. The van der Waals surface area contributed by atoms with Crippen LogP contribution in [-0.4, -0.2) is 17.1 Å². The standard InChI is InChI=1S/C8H15NO2/c1-2-7(9)5-3-4-6-8(10)11/h3-4,7H,2,5-6,9H2,1H3,(H,10,11)/b4-3+. The van der Waals surface area contributed by atoms with Gasteiger partial charge in [-0.3, -0.25) is 4.79 Å². The van der Waals surface area contributed by atoms with Crippen LogP contribution in [0.2, 0.25) is 0 Å². The monoisotopic (exact) mass is 157 g/mol. The first kappa shape index (κ1) is 10.2. The third kappa shape index (κ3) is 7.06. The Morgan fingerprint density at radius 2 is 2.27 bits per heavy atom. The summed E-state index contributed by atoms with van der Waals surface area (Å²) in [6.07, 6.45) is 5.25. The Hall–Kier alpha value is -0.830. The lowest BCUT2D eigenvalue weighted by molar-refractivity contribution is -0.136. The van der Waals surface area contributed by atoms with Crippen molar-refractivity contribution in [2.45, 2.75) is 32.2 Å². The molecule has 0 aliphatic rings. The Kier molecular flexibility index (Phi) is 5.47. The van der Waals surface area contributed by atoms with Crippen molar-refractivity contribution in [3.8, 4) is 0 Å². The van der Waals surface area contributed by atoms with Crippen LogP contribution in [0.1, 0.15) is 26.2 Å². The van der Waals surface area contributed by atoms with Gasteiger partial charge in [-0.25, -0.2) is 0 Å². The first-order valence-electron chi connectivity index (χ1n) is 3.79. The van der Waals surface area contributed by atoms with E-state index in [1.54, 1.807) is 6.08 Å². The highest BCUT2D eigenvalue weighted by Gasteiger charge is 1.94. The summed E-state index contributed by atoms with van der Waals surface area (Å²) in [4.78, 5) is 10.0. The van der Waals surface area contributed by atoms with Crippen LogP contribution in [0, 0.1) is 0 Å². The Bertz CT molecular complexity index is 143. The molecule has 64 valence electrons. The molecule has 0 bridgehead atoms. The third-order valence-corrected chi connectivity index (χ3v) is 1.42. The molecule has 0 aromatic rings. The second-order valence-corrected chi connectivity index (χ2v) is 2.47. The summed E-state index contributed by atoms with van der Waals surface area (Å²) < 4.78 is 0. The van der Waals surface area contributed by atoms with E-state index < -0.39 is 5.97 Å². The maximum Gasteiger partial charge on any atom is 0.307 e. The Balaban J connectivity index is 3.36. The molecule has 3 nitrogen and oxygen atoms in total. The zero-order valence-electron chi connectivity index (χ0n) is 6.79. The average Bonchev–Trinajstić information content (AvgIpc) is 1.97. The molecule has 3 N–H and O–H groups in total. The number of nitrogens with two attached hydrogens (primary N) is 1. The van der Waals surface area contributed by atoms with E-state index in [1.807, 2.05) is 13.0 Å². The summed E-state index contributed by atoms with van der Waals surface area (Å²) in [5.74, 6) is -0.800. The predicted molar refractivity (Wildman–Crippen MR) is 44.3 cm³/mol. The van der Waals surface area contributed by atoms with Gasteiger partial charge in [-0.05, 0) is 12.8 Å². The van der Waals surface area contributed by atoms with E-state index in [2.05, 4.69) is 0 Å². The molecule has 0 spiro atoms. The summed E-state index contributed by atoms with van der Waals surface area (Å²) in [6.45, 7) is 2.01. The van der Waals surface area contributed by atoms with E-state index in [9.17, 15) is 4.79 Å². The van der Waals surface area contributed by atoms with Crippen LogP contribution < -0.4 is 5.73 Å². The topological polar surface area (TPSA) is 63.3 Å². The second-order valence-electron chi connectivity index (χ2n) is 2.47. The van der Waals surface area contributed by atoms with Crippen molar-refractivity contribution in [1.82, 2.24) is 0 Å². The van der Waals surface area contributed by atoms with Crippen LogP contribution in [0.5, 0.6) is 0 Å². The first-order chi connectivity index (χ1) is 5.16. The summed E-state index contributed by atoms with van der Waals surface area (Å²) >= 11 is 0. The fourth-order valence-electron chi connectivity index (χ4n) is 0.622. The Labute approximate surface area is 66.9 Å². The van der Waals surface area contributed by atoms with E-state index in [1.165, 1.54) is 0 Å². The van der Waals surface area contributed by atoms with E-state index in [4.69, 9.17) is 10.8 Å². The van der Waals surface area contributed by atoms with E-state index in [0.29, 0.717) is 0 Å². The molecule has 1 unspecified atom stereocenters. The highest BCUT2D eigenvalue weighted by Crippen LogP contribution is 1.95. The highest BCUT2D eigenvalue weighted by atomic mass is 16.4. The van der Waals surface area contributed by atoms with Crippen molar-refractivity contribution in [2.24, 2.45) is 5.73 Å². The van der Waals surface area contributed by atoms with Crippen LogP contribution >= 0.6 is 0 Å². The van der Waals surface area contributed by atoms with Gasteiger partial charge in [0.15, 0.2) is 0 Å². The molecular formula is C8H15NO2. The van der Waals surface area contributed by atoms with E-state index >= 15 is 0 Å². The molecule has 3 heteroatoms. The summed E-state index contributed by atoms with van der Waals surface area (Å²) in [7, 11) is 0. The summed E-state index contributed by atoms with van der Waals surface area (Å²) in [6, 6.07) is 0.167. The largest absolute Gasteiger partial charge is 0.481 e.